The molecule has 0 bridgehead atoms. The van der Waals surface area contributed by atoms with Crippen LogP contribution in [0.3, 0.4) is 0 Å². The summed E-state index contributed by atoms with van der Waals surface area (Å²) >= 11 is 0. The van der Waals surface area contributed by atoms with Gasteiger partial charge in [-0.25, -0.2) is 0 Å². The van der Waals surface area contributed by atoms with Crippen LogP contribution in [-0.4, -0.2) is 11.7 Å². The molecule has 0 heterocycles. The van der Waals surface area contributed by atoms with Crippen molar-refractivity contribution in [1.82, 2.24) is 0 Å². The molecule has 0 saturated heterocycles. The molecule has 0 aliphatic heterocycles. The zero-order chi connectivity index (χ0) is 7.28. The Morgan fingerprint density at radius 1 is 1.67 bits per heavy atom. The lowest BCUT2D eigenvalue weighted by Gasteiger charge is -2.05. The van der Waals surface area contributed by atoms with E-state index in [4.69, 9.17) is 5.11 Å². The fourth-order valence-electron chi connectivity index (χ4n) is 0.584. The van der Waals surface area contributed by atoms with Gasteiger partial charge in [0.15, 0.2) is 0 Å². The molecule has 1 atom stereocenters. The zero-order valence-electron chi connectivity index (χ0n) is 6.35. The van der Waals surface area contributed by atoms with Crippen molar-refractivity contribution in [2.75, 3.05) is 6.61 Å². The highest BCUT2D eigenvalue weighted by Crippen LogP contribution is 2.08. The van der Waals surface area contributed by atoms with Crippen LogP contribution in [0.4, 0.5) is 0 Å². The molecule has 1 nitrogen and oxygen atoms in total. The van der Waals surface area contributed by atoms with Gasteiger partial charge in [0.1, 0.15) is 0 Å². The normalized spacial score (nSPS) is 13.2. The second kappa shape index (κ2) is 4.57. The maximum absolute atomic E-state index is 8.62. The van der Waals surface area contributed by atoms with Gasteiger partial charge in [0.25, 0.3) is 0 Å². The Bertz CT molecular complexity index is 86.6. The van der Waals surface area contributed by atoms with E-state index in [9.17, 15) is 0 Å². The van der Waals surface area contributed by atoms with Crippen LogP contribution < -0.4 is 0 Å². The number of hydrogen-bond donors (Lipinski definition) is 1. The van der Waals surface area contributed by atoms with Crippen molar-refractivity contribution < 1.29 is 5.11 Å². The van der Waals surface area contributed by atoms with E-state index in [0.29, 0.717) is 12.5 Å². The average Bonchev–Trinajstić information content (AvgIpc) is 1.83. The highest BCUT2D eigenvalue weighted by Gasteiger charge is 1.97. The van der Waals surface area contributed by atoms with E-state index in [1.165, 1.54) is 5.57 Å². The quantitative estimate of drug-likeness (QED) is 0.574. The highest BCUT2D eigenvalue weighted by molar-refractivity contribution is 4.87. The third-order valence-electron chi connectivity index (χ3n) is 1.38. The third-order valence-corrected chi connectivity index (χ3v) is 1.38. The van der Waals surface area contributed by atoms with Gasteiger partial charge in [-0.2, -0.15) is 0 Å². The van der Waals surface area contributed by atoms with Crippen LogP contribution in [0.2, 0.25) is 0 Å². The van der Waals surface area contributed by atoms with Gasteiger partial charge in [-0.05, 0) is 25.7 Å². The predicted molar refractivity (Wildman–Crippen MR) is 40.3 cm³/mol. The first-order valence-electron chi connectivity index (χ1n) is 3.42. The van der Waals surface area contributed by atoms with Gasteiger partial charge in [-0.1, -0.05) is 12.5 Å². The molecule has 0 fully saturated rings. The Morgan fingerprint density at radius 3 is 2.56 bits per heavy atom. The van der Waals surface area contributed by atoms with E-state index < -0.39 is 0 Å². The summed E-state index contributed by atoms with van der Waals surface area (Å²) in [6, 6.07) is 0. The van der Waals surface area contributed by atoms with Crippen LogP contribution >= 0.6 is 0 Å². The van der Waals surface area contributed by atoms with E-state index in [1.807, 2.05) is 13.8 Å². The van der Waals surface area contributed by atoms with Crippen molar-refractivity contribution in [2.24, 2.45) is 5.92 Å². The molecule has 0 rings (SSSR count). The van der Waals surface area contributed by atoms with Crippen LogP contribution in [0.5, 0.6) is 0 Å². The van der Waals surface area contributed by atoms with Crippen LogP contribution in [0.15, 0.2) is 12.2 Å². The predicted octanol–water partition coefficient (Wildman–Crippen LogP) is 1.97. The molecular weight excluding hydrogens is 112 g/mol. The zero-order valence-corrected chi connectivity index (χ0v) is 6.35. The molecule has 1 N–H and O–H groups in total. The molecule has 0 radical (unpaired) electrons. The molecule has 0 aromatic carbocycles. The number of aliphatic hydroxyl groups excluding tert-OH is 1. The third kappa shape index (κ3) is 5.57. The summed E-state index contributed by atoms with van der Waals surface area (Å²) in [5.74, 6) is 0.432. The van der Waals surface area contributed by atoms with E-state index in [-0.39, 0.29) is 0 Å². The van der Waals surface area contributed by atoms with Crippen LogP contribution in [0, 0.1) is 5.92 Å². The minimum atomic E-state index is 0.299. The first-order valence-corrected chi connectivity index (χ1v) is 3.42. The smallest absolute Gasteiger partial charge is 0.0456 e. The molecule has 0 unspecified atom stereocenters. The first-order chi connectivity index (χ1) is 4.16. The van der Waals surface area contributed by atoms with Crippen molar-refractivity contribution in [1.29, 1.82) is 0 Å². The molecule has 0 saturated carbocycles. The molecule has 0 spiro atoms. The highest BCUT2D eigenvalue weighted by atomic mass is 16.3. The van der Waals surface area contributed by atoms with E-state index in [2.05, 4.69) is 6.58 Å². The number of hydrogen-bond acceptors (Lipinski definition) is 1. The lowest BCUT2D eigenvalue weighted by Crippen LogP contribution is -1.99. The molecule has 0 aliphatic carbocycles. The minimum absolute atomic E-state index is 0.299. The summed E-state index contributed by atoms with van der Waals surface area (Å²) in [6.07, 6.45) is 2.10. The summed E-state index contributed by atoms with van der Waals surface area (Å²) in [5.41, 5.74) is 1.20. The number of aliphatic hydroxyl groups is 1. The average molecular weight is 128 g/mol. The van der Waals surface area contributed by atoms with E-state index in [0.717, 1.165) is 12.8 Å². The fourth-order valence-corrected chi connectivity index (χ4v) is 0.584. The maximum atomic E-state index is 8.62. The van der Waals surface area contributed by atoms with E-state index in [1.54, 1.807) is 0 Å². The van der Waals surface area contributed by atoms with Crippen LogP contribution in [0.25, 0.3) is 0 Å². The summed E-state index contributed by atoms with van der Waals surface area (Å²) in [5, 5.41) is 8.62. The molecule has 9 heavy (non-hydrogen) atoms. The Morgan fingerprint density at radius 2 is 2.22 bits per heavy atom. The van der Waals surface area contributed by atoms with Gasteiger partial charge in [-0.3, -0.25) is 0 Å². The van der Waals surface area contributed by atoms with Crippen molar-refractivity contribution >= 4 is 0 Å². The van der Waals surface area contributed by atoms with Crippen LogP contribution in [0.1, 0.15) is 26.7 Å². The monoisotopic (exact) mass is 128 g/mol. The van der Waals surface area contributed by atoms with Gasteiger partial charge >= 0.3 is 0 Å². The number of allylic oxidation sites excluding steroid dienone is 1. The molecule has 54 valence electrons. The Balaban J connectivity index is 3.16. The molecular formula is C8H16O. The van der Waals surface area contributed by atoms with Gasteiger partial charge in [-0.15, -0.1) is 6.58 Å². The molecule has 0 amide bonds. The fraction of sp³-hybridized carbons (Fsp3) is 0.750. The van der Waals surface area contributed by atoms with Gasteiger partial charge in [0.2, 0.25) is 0 Å². The SMILES string of the molecule is C=C(C)CC[C@H](C)CO. The van der Waals surface area contributed by atoms with Gasteiger partial charge in [0, 0.05) is 6.61 Å². The van der Waals surface area contributed by atoms with Crippen molar-refractivity contribution in [3.05, 3.63) is 12.2 Å². The molecule has 1 heteroatoms. The lowest BCUT2D eigenvalue weighted by molar-refractivity contribution is 0.230. The van der Waals surface area contributed by atoms with Crippen molar-refractivity contribution in [3.8, 4) is 0 Å². The first kappa shape index (κ1) is 8.70. The topological polar surface area (TPSA) is 20.2 Å². The van der Waals surface area contributed by atoms with Gasteiger partial charge < -0.3 is 5.11 Å². The van der Waals surface area contributed by atoms with Crippen molar-refractivity contribution in [2.45, 2.75) is 26.7 Å². The molecule has 0 aliphatic rings. The molecule has 0 aromatic rings. The lowest BCUT2D eigenvalue weighted by atomic mass is 10.0. The molecule has 0 aromatic heterocycles. The largest absolute Gasteiger partial charge is 0.396 e. The standard InChI is InChI=1S/C8H16O/c1-7(2)4-5-8(3)6-9/h8-9H,1,4-6H2,2-3H3/t8-/m0/s1. The maximum Gasteiger partial charge on any atom is 0.0456 e. The summed E-state index contributed by atoms with van der Waals surface area (Å²) in [4.78, 5) is 0. The Hall–Kier alpha value is -0.300. The van der Waals surface area contributed by atoms with Gasteiger partial charge in [0.05, 0.1) is 0 Å². The summed E-state index contributed by atoms with van der Waals surface area (Å²) in [6.45, 7) is 8.14. The second-order valence-corrected chi connectivity index (χ2v) is 2.78. The summed E-state index contributed by atoms with van der Waals surface area (Å²) < 4.78 is 0. The van der Waals surface area contributed by atoms with E-state index >= 15 is 0 Å². The second-order valence-electron chi connectivity index (χ2n) is 2.78. The summed E-state index contributed by atoms with van der Waals surface area (Å²) in [7, 11) is 0. The Kier molecular flexibility index (Phi) is 4.41. The van der Waals surface area contributed by atoms with Crippen LogP contribution in [-0.2, 0) is 0 Å². The van der Waals surface area contributed by atoms with Crippen molar-refractivity contribution in [3.63, 3.8) is 0 Å². The Labute approximate surface area is 57.4 Å². The number of rotatable bonds is 4. The minimum Gasteiger partial charge on any atom is -0.396 e.